The molecule has 11 nitrogen and oxygen atoms in total. The van der Waals surface area contributed by atoms with Crippen molar-refractivity contribution in [2.24, 2.45) is 0 Å². The second kappa shape index (κ2) is 14.5. The molecule has 264 valence electrons. The van der Waals surface area contributed by atoms with E-state index in [1.54, 1.807) is 13.3 Å². The van der Waals surface area contributed by atoms with Crippen LogP contribution in [-0.4, -0.2) is 67.0 Å². The number of hydrogen-bond acceptors (Lipinski definition) is 9. The minimum absolute atomic E-state index is 0.0873. The van der Waals surface area contributed by atoms with Gasteiger partial charge in [-0.25, -0.2) is 9.18 Å². The predicted octanol–water partition coefficient (Wildman–Crippen LogP) is 6.42. The first-order chi connectivity index (χ1) is 24.8. The number of rotatable bonds is 10. The van der Waals surface area contributed by atoms with E-state index < -0.39 is 23.5 Å². The average Bonchev–Trinajstić information content (AvgIpc) is 3.81. The van der Waals surface area contributed by atoms with E-state index in [1.165, 1.54) is 26.4 Å². The normalized spacial score (nSPS) is 15.6. The average molecular weight is 695 g/mol. The summed E-state index contributed by atoms with van der Waals surface area (Å²) in [5.74, 6) is -0.949. The molecule has 3 heterocycles. The van der Waals surface area contributed by atoms with Crippen LogP contribution in [0.15, 0.2) is 72.9 Å². The van der Waals surface area contributed by atoms with Gasteiger partial charge in [0.2, 0.25) is 0 Å². The van der Waals surface area contributed by atoms with Crippen LogP contribution in [0.25, 0.3) is 22.2 Å². The number of nitrogens with zero attached hydrogens (tertiary/aromatic N) is 3. The Morgan fingerprint density at radius 3 is 2.31 bits per heavy atom. The molecule has 1 aliphatic carbocycles. The summed E-state index contributed by atoms with van der Waals surface area (Å²) in [5, 5.41) is 8.42. The molecule has 1 aliphatic heterocycles. The van der Waals surface area contributed by atoms with Crippen LogP contribution in [0.4, 0.5) is 4.39 Å². The fourth-order valence-electron chi connectivity index (χ4n) is 7.06. The van der Waals surface area contributed by atoms with Crippen LogP contribution in [0.2, 0.25) is 0 Å². The van der Waals surface area contributed by atoms with Crippen molar-refractivity contribution in [1.29, 1.82) is 0 Å². The number of fused-ring (bicyclic) bond motifs is 1. The number of esters is 1. The van der Waals surface area contributed by atoms with Gasteiger partial charge >= 0.3 is 5.97 Å². The molecule has 7 rings (SSSR count). The number of methoxy groups -OCH3 is 3. The van der Waals surface area contributed by atoms with E-state index in [-0.39, 0.29) is 23.8 Å². The Balaban J connectivity index is 1.25. The molecule has 2 aliphatic rings. The van der Waals surface area contributed by atoms with Gasteiger partial charge in [-0.3, -0.25) is 14.5 Å². The molecule has 1 N–H and O–H groups in total. The highest BCUT2D eigenvalue weighted by Crippen LogP contribution is 2.45. The highest BCUT2D eigenvalue weighted by atomic mass is 19.1. The minimum Gasteiger partial charge on any atom is -0.497 e. The molecule has 2 fully saturated rings. The number of benzene rings is 3. The Labute approximate surface area is 294 Å². The maximum Gasteiger partial charge on any atom is 0.342 e. The van der Waals surface area contributed by atoms with Crippen molar-refractivity contribution >= 4 is 22.8 Å². The molecule has 0 bridgehead atoms. The lowest BCUT2D eigenvalue weighted by Crippen LogP contribution is -2.34. The molecule has 2 aromatic heterocycles. The van der Waals surface area contributed by atoms with Gasteiger partial charge in [-0.1, -0.05) is 36.4 Å². The van der Waals surface area contributed by atoms with Gasteiger partial charge in [-0.05, 0) is 54.3 Å². The first-order valence-corrected chi connectivity index (χ1v) is 16.9. The smallest absolute Gasteiger partial charge is 0.342 e. The third kappa shape index (κ3) is 6.89. The molecule has 12 heteroatoms. The molecule has 1 spiro atoms. The second-order valence-corrected chi connectivity index (χ2v) is 12.7. The number of pyridine rings is 1. The Morgan fingerprint density at radius 1 is 0.941 bits per heavy atom. The molecule has 5 aromatic rings. The van der Waals surface area contributed by atoms with Gasteiger partial charge in [0.25, 0.3) is 5.91 Å². The highest BCUT2D eigenvalue weighted by molar-refractivity contribution is 6.08. The van der Waals surface area contributed by atoms with Crippen LogP contribution in [0.1, 0.15) is 69.1 Å². The summed E-state index contributed by atoms with van der Waals surface area (Å²) in [6.07, 6.45) is 4.90. The maximum absolute atomic E-state index is 13.9. The lowest BCUT2D eigenvalue weighted by atomic mass is 9.81. The topological polar surface area (TPSA) is 123 Å². The van der Waals surface area contributed by atoms with Crippen molar-refractivity contribution in [1.82, 2.24) is 20.1 Å². The Kier molecular flexibility index (Phi) is 9.70. The SMILES string of the molecule is COC(=O)c1c(-c2ccc(CNC(=O)c3cc(F)ccc3OC)cc2)nc(C2CCC3(CC2)OCCO3)c2cnn(Cc3ccc(OC)cc3)c12. The van der Waals surface area contributed by atoms with Crippen molar-refractivity contribution in [3.63, 3.8) is 0 Å². The number of nitrogens with one attached hydrogen (secondary N) is 1. The fourth-order valence-corrected chi connectivity index (χ4v) is 7.06. The standard InChI is InChI=1S/C39H39FN4O7/c1-47-29-11-6-25(7-12-29)23-44-36-31(22-42-44)34(27-14-16-39(17-15-27)50-18-19-51-39)43-35(33(36)38(46)49-3)26-8-4-24(5-9-26)21-41-37(45)30-20-28(40)10-13-32(30)48-2/h4-13,20,22,27H,14-19,21,23H2,1-3H3,(H,41,45). The third-order valence-electron chi connectivity index (χ3n) is 9.74. The number of hydrogen-bond donors (Lipinski definition) is 1. The Morgan fingerprint density at radius 2 is 1.65 bits per heavy atom. The van der Waals surface area contributed by atoms with E-state index in [4.69, 9.17) is 33.8 Å². The van der Waals surface area contributed by atoms with Gasteiger partial charge in [0.05, 0.1) is 69.8 Å². The lowest BCUT2D eigenvalue weighted by molar-refractivity contribution is -0.178. The molecule has 51 heavy (non-hydrogen) atoms. The molecular formula is C39H39FN4O7. The zero-order valence-corrected chi connectivity index (χ0v) is 28.7. The molecule has 3 aromatic carbocycles. The zero-order valence-electron chi connectivity index (χ0n) is 28.7. The van der Waals surface area contributed by atoms with Crippen molar-refractivity contribution in [3.05, 3.63) is 107 Å². The van der Waals surface area contributed by atoms with E-state index in [2.05, 4.69) is 5.32 Å². The monoisotopic (exact) mass is 694 g/mol. The van der Waals surface area contributed by atoms with E-state index in [0.29, 0.717) is 42.1 Å². The fraction of sp³-hybridized carbons (Fsp3) is 0.333. The third-order valence-corrected chi connectivity index (χ3v) is 9.74. The number of ether oxygens (including phenoxy) is 5. The van der Waals surface area contributed by atoms with E-state index >= 15 is 0 Å². The van der Waals surface area contributed by atoms with E-state index in [9.17, 15) is 14.0 Å². The quantitative estimate of drug-likeness (QED) is 0.165. The number of aromatic nitrogens is 3. The van der Waals surface area contributed by atoms with Crippen molar-refractivity contribution in [3.8, 4) is 22.8 Å². The van der Waals surface area contributed by atoms with Crippen molar-refractivity contribution in [2.45, 2.75) is 50.5 Å². The predicted molar refractivity (Wildman–Crippen MR) is 186 cm³/mol. The summed E-state index contributed by atoms with van der Waals surface area (Å²) in [6, 6.07) is 19.0. The van der Waals surface area contributed by atoms with Crippen LogP contribution >= 0.6 is 0 Å². The van der Waals surface area contributed by atoms with Crippen LogP contribution in [0.5, 0.6) is 11.5 Å². The van der Waals surface area contributed by atoms with Crippen molar-refractivity contribution in [2.75, 3.05) is 34.5 Å². The number of halogens is 1. The first kappa shape index (κ1) is 34.1. The zero-order chi connectivity index (χ0) is 35.5. The molecule has 0 radical (unpaired) electrons. The molecule has 1 amide bonds. The van der Waals surface area contributed by atoms with Gasteiger partial charge < -0.3 is 29.0 Å². The van der Waals surface area contributed by atoms with Crippen LogP contribution in [0.3, 0.4) is 0 Å². The summed E-state index contributed by atoms with van der Waals surface area (Å²) in [7, 11) is 4.41. The van der Waals surface area contributed by atoms with E-state index in [0.717, 1.165) is 59.7 Å². The van der Waals surface area contributed by atoms with Gasteiger partial charge in [0.1, 0.15) is 22.9 Å². The van der Waals surface area contributed by atoms with E-state index in [1.807, 2.05) is 53.2 Å². The molecule has 1 saturated heterocycles. The summed E-state index contributed by atoms with van der Waals surface area (Å²) in [5.41, 5.74) is 4.88. The van der Waals surface area contributed by atoms with Gasteiger partial charge in [-0.15, -0.1) is 0 Å². The molecule has 1 saturated carbocycles. The Bertz CT molecular complexity index is 2050. The van der Waals surface area contributed by atoms with Crippen LogP contribution < -0.4 is 14.8 Å². The largest absolute Gasteiger partial charge is 0.497 e. The minimum atomic E-state index is -0.534. The van der Waals surface area contributed by atoms with Gasteiger partial charge in [0.15, 0.2) is 5.79 Å². The summed E-state index contributed by atoms with van der Waals surface area (Å²) >= 11 is 0. The summed E-state index contributed by atoms with van der Waals surface area (Å²) in [6.45, 7) is 1.79. The first-order valence-electron chi connectivity index (χ1n) is 16.9. The molecule has 0 atom stereocenters. The number of carbonyl (C=O) groups excluding carboxylic acids is 2. The molecular weight excluding hydrogens is 655 g/mol. The van der Waals surface area contributed by atoms with Gasteiger partial charge in [-0.2, -0.15) is 5.10 Å². The number of amides is 1. The summed E-state index contributed by atoms with van der Waals surface area (Å²) < 4.78 is 43.7. The number of carbonyl (C=O) groups is 2. The van der Waals surface area contributed by atoms with Gasteiger partial charge in [0, 0.05) is 36.3 Å². The maximum atomic E-state index is 13.9. The van der Waals surface area contributed by atoms with Crippen LogP contribution in [0, 0.1) is 5.82 Å². The van der Waals surface area contributed by atoms with Crippen molar-refractivity contribution < 1.29 is 37.7 Å². The lowest BCUT2D eigenvalue weighted by Gasteiger charge is -2.35. The molecule has 0 unspecified atom stereocenters. The Hall–Kier alpha value is -5.33. The van der Waals surface area contributed by atoms with Crippen LogP contribution in [-0.2, 0) is 27.3 Å². The second-order valence-electron chi connectivity index (χ2n) is 12.7. The summed E-state index contributed by atoms with van der Waals surface area (Å²) in [4.78, 5) is 31.8. The highest BCUT2D eigenvalue weighted by Gasteiger charge is 2.42.